The average molecular weight is 372 g/mol. The van der Waals surface area contributed by atoms with Gasteiger partial charge in [-0.15, -0.1) is 0 Å². The highest BCUT2D eigenvalue weighted by Gasteiger charge is 2.09. The minimum absolute atomic E-state index is 0.178. The smallest absolute Gasteiger partial charge is 0.216 e. The number of hydrogen-bond acceptors (Lipinski definition) is 5. The molecule has 0 fully saturated rings. The SMILES string of the molecule is CCOc1ccc(-c2n[nH]c(=S)n2/N=C\c2ccc(OC)c(F)c2)cc1. The molecule has 0 spiro atoms. The molecule has 134 valence electrons. The van der Waals surface area contributed by atoms with Gasteiger partial charge >= 0.3 is 0 Å². The van der Waals surface area contributed by atoms with Crippen LogP contribution < -0.4 is 9.47 Å². The van der Waals surface area contributed by atoms with Gasteiger partial charge in [0.15, 0.2) is 17.4 Å². The third-order valence-corrected chi connectivity index (χ3v) is 3.84. The zero-order chi connectivity index (χ0) is 18.5. The molecule has 0 unspecified atom stereocenters. The summed E-state index contributed by atoms with van der Waals surface area (Å²) in [5.74, 6) is 1.04. The predicted octanol–water partition coefficient (Wildman–Crippen LogP) is 4.04. The highest BCUT2D eigenvalue weighted by atomic mass is 32.1. The lowest BCUT2D eigenvalue weighted by molar-refractivity contribution is 0.340. The lowest BCUT2D eigenvalue weighted by Crippen LogP contribution is -1.96. The molecule has 0 atom stereocenters. The summed E-state index contributed by atoms with van der Waals surface area (Å²) in [6.07, 6.45) is 1.51. The van der Waals surface area contributed by atoms with E-state index >= 15 is 0 Å². The van der Waals surface area contributed by atoms with Crippen molar-refractivity contribution in [2.45, 2.75) is 6.92 Å². The van der Waals surface area contributed by atoms with Gasteiger partial charge in [-0.3, -0.25) is 0 Å². The highest BCUT2D eigenvalue weighted by Crippen LogP contribution is 2.21. The van der Waals surface area contributed by atoms with Crippen molar-refractivity contribution in [3.8, 4) is 22.9 Å². The number of halogens is 1. The standard InChI is InChI=1S/C18H17FN4O2S/c1-3-25-14-7-5-13(6-8-14)17-21-22-18(26)23(17)20-11-12-4-9-16(24-2)15(19)10-12/h4-11H,3H2,1-2H3,(H,22,26)/b20-11-. The molecule has 1 aromatic heterocycles. The lowest BCUT2D eigenvalue weighted by Gasteiger charge is -2.05. The molecule has 0 bridgehead atoms. The second-order valence-electron chi connectivity index (χ2n) is 5.26. The number of rotatable bonds is 6. The van der Waals surface area contributed by atoms with Crippen LogP contribution in [0.25, 0.3) is 11.4 Å². The van der Waals surface area contributed by atoms with Crippen LogP contribution in [-0.2, 0) is 0 Å². The normalized spacial score (nSPS) is 11.0. The Labute approximate surface area is 154 Å². The zero-order valence-corrected chi connectivity index (χ0v) is 15.1. The van der Waals surface area contributed by atoms with Crippen molar-refractivity contribution in [1.29, 1.82) is 0 Å². The minimum Gasteiger partial charge on any atom is -0.494 e. The summed E-state index contributed by atoms with van der Waals surface area (Å²) in [4.78, 5) is 0. The minimum atomic E-state index is -0.459. The van der Waals surface area contributed by atoms with Gasteiger partial charge in [0.25, 0.3) is 0 Å². The Morgan fingerprint density at radius 1 is 1.27 bits per heavy atom. The first-order valence-electron chi connectivity index (χ1n) is 7.91. The Hall–Kier alpha value is -3.00. The second kappa shape index (κ2) is 7.92. The summed E-state index contributed by atoms with van der Waals surface area (Å²) in [7, 11) is 1.42. The monoisotopic (exact) mass is 372 g/mol. The summed E-state index contributed by atoms with van der Waals surface area (Å²) in [5, 5.41) is 11.3. The molecule has 8 heteroatoms. The van der Waals surface area contributed by atoms with E-state index in [-0.39, 0.29) is 5.75 Å². The predicted molar refractivity (Wildman–Crippen MR) is 100.0 cm³/mol. The number of nitrogens with zero attached hydrogens (tertiary/aromatic N) is 3. The lowest BCUT2D eigenvalue weighted by atomic mass is 10.2. The van der Waals surface area contributed by atoms with Crippen molar-refractivity contribution in [3.05, 3.63) is 58.6 Å². The fourth-order valence-corrected chi connectivity index (χ4v) is 2.52. The fourth-order valence-electron chi connectivity index (χ4n) is 2.34. The van der Waals surface area contributed by atoms with Gasteiger partial charge in [0.1, 0.15) is 5.75 Å². The third kappa shape index (κ3) is 3.80. The zero-order valence-electron chi connectivity index (χ0n) is 14.3. The van der Waals surface area contributed by atoms with Crippen molar-refractivity contribution in [2.24, 2.45) is 5.10 Å². The summed E-state index contributed by atoms with van der Waals surface area (Å²) >= 11 is 5.23. The topological polar surface area (TPSA) is 64.4 Å². The molecule has 0 saturated heterocycles. The number of aromatic amines is 1. The van der Waals surface area contributed by atoms with Gasteiger partial charge in [-0.1, -0.05) is 0 Å². The molecule has 0 radical (unpaired) electrons. The van der Waals surface area contributed by atoms with E-state index in [1.807, 2.05) is 31.2 Å². The van der Waals surface area contributed by atoms with E-state index in [4.69, 9.17) is 21.7 Å². The van der Waals surface area contributed by atoms with Crippen LogP contribution in [0.4, 0.5) is 4.39 Å². The number of benzene rings is 2. The second-order valence-corrected chi connectivity index (χ2v) is 5.65. The fraction of sp³-hybridized carbons (Fsp3) is 0.167. The van der Waals surface area contributed by atoms with Gasteiger partial charge in [0.05, 0.1) is 19.9 Å². The Balaban J connectivity index is 1.90. The van der Waals surface area contributed by atoms with E-state index in [2.05, 4.69) is 15.3 Å². The number of hydrogen-bond donors (Lipinski definition) is 1. The summed E-state index contributed by atoms with van der Waals surface area (Å²) < 4.78 is 26.0. The quantitative estimate of drug-likeness (QED) is 0.524. The average Bonchev–Trinajstić information content (AvgIpc) is 3.01. The molecule has 1 N–H and O–H groups in total. The molecule has 3 aromatic rings. The van der Waals surface area contributed by atoms with Crippen LogP contribution >= 0.6 is 12.2 Å². The van der Waals surface area contributed by atoms with Crippen LogP contribution in [0.2, 0.25) is 0 Å². The van der Waals surface area contributed by atoms with Crippen LogP contribution in [-0.4, -0.2) is 34.8 Å². The first kappa shape index (κ1) is 17.8. The van der Waals surface area contributed by atoms with Crippen molar-refractivity contribution >= 4 is 18.4 Å². The Morgan fingerprint density at radius 2 is 2.04 bits per heavy atom. The van der Waals surface area contributed by atoms with E-state index in [0.29, 0.717) is 22.8 Å². The summed E-state index contributed by atoms with van der Waals surface area (Å²) in [6.45, 7) is 2.52. The Kier molecular flexibility index (Phi) is 5.43. The van der Waals surface area contributed by atoms with E-state index in [1.54, 1.807) is 12.1 Å². The van der Waals surface area contributed by atoms with Crippen LogP contribution in [0.5, 0.6) is 11.5 Å². The summed E-state index contributed by atoms with van der Waals surface area (Å²) in [6, 6.07) is 12.0. The molecule has 26 heavy (non-hydrogen) atoms. The van der Waals surface area contributed by atoms with Crippen molar-refractivity contribution in [3.63, 3.8) is 0 Å². The van der Waals surface area contributed by atoms with Gasteiger partial charge in [-0.05, 0) is 67.2 Å². The number of methoxy groups -OCH3 is 1. The number of nitrogens with one attached hydrogen (secondary N) is 1. The number of H-pyrrole nitrogens is 1. The van der Waals surface area contributed by atoms with Gasteiger partial charge < -0.3 is 9.47 Å². The first-order valence-corrected chi connectivity index (χ1v) is 8.31. The number of aromatic nitrogens is 3. The molecule has 2 aromatic carbocycles. The van der Waals surface area contributed by atoms with Crippen LogP contribution in [0.3, 0.4) is 0 Å². The maximum Gasteiger partial charge on any atom is 0.216 e. The molecule has 0 aliphatic rings. The number of ether oxygens (including phenoxy) is 2. The van der Waals surface area contributed by atoms with Crippen molar-refractivity contribution in [1.82, 2.24) is 14.9 Å². The molecule has 0 saturated carbocycles. The maximum absolute atomic E-state index is 13.8. The highest BCUT2D eigenvalue weighted by molar-refractivity contribution is 7.71. The molecule has 0 amide bonds. The first-order chi connectivity index (χ1) is 12.6. The van der Waals surface area contributed by atoms with E-state index in [0.717, 1.165) is 11.3 Å². The molecule has 3 rings (SSSR count). The van der Waals surface area contributed by atoms with E-state index in [9.17, 15) is 4.39 Å². The van der Waals surface area contributed by atoms with Gasteiger partial charge in [-0.25, -0.2) is 9.49 Å². The van der Waals surface area contributed by atoms with Crippen LogP contribution in [0.1, 0.15) is 12.5 Å². The Morgan fingerprint density at radius 3 is 2.69 bits per heavy atom. The maximum atomic E-state index is 13.8. The Bertz CT molecular complexity index is 980. The van der Waals surface area contributed by atoms with Crippen molar-refractivity contribution < 1.29 is 13.9 Å². The molecular weight excluding hydrogens is 355 g/mol. The molecule has 1 heterocycles. The van der Waals surface area contributed by atoms with Crippen LogP contribution in [0, 0.1) is 10.6 Å². The molecule has 6 nitrogen and oxygen atoms in total. The van der Waals surface area contributed by atoms with Gasteiger partial charge in [-0.2, -0.15) is 14.9 Å². The summed E-state index contributed by atoms with van der Waals surface area (Å²) in [5.41, 5.74) is 1.39. The molecular formula is C18H17FN4O2S. The van der Waals surface area contributed by atoms with Crippen molar-refractivity contribution in [2.75, 3.05) is 13.7 Å². The molecule has 0 aliphatic carbocycles. The van der Waals surface area contributed by atoms with E-state index in [1.165, 1.54) is 24.1 Å². The van der Waals surface area contributed by atoms with E-state index < -0.39 is 5.82 Å². The molecule has 0 aliphatic heterocycles. The van der Waals surface area contributed by atoms with Gasteiger partial charge in [0, 0.05) is 5.56 Å². The largest absolute Gasteiger partial charge is 0.494 e. The van der Waals surface area contributed by atoms with Crippen LogP contribution in [0.15, 0.2) is 47.6 Å². The third-order valence-electron chi connectivity index (χ3n) is 3.57. The van der Waals surface area contributed by atoms with Gasteiger partial charge in [0.2, 0.25) is 4.77 Å².